The summed E-state index contributed by atoms with van der Waals surface area (Å²) in [5.74, 6) is -0.357. The largest absolute Gasteiger partial charge is 0.463 e. The van der Waals surface area contributed by atoms with Crippen molar-refractivity contribution in [1.29, 1.82) is 0 Å². The van der Waals surface area contributed by atoms with Crippen molar-refractivity contribution >= 4 is 17.7 Å². The summed E-state index contributed by atoms with van der Waals surface area (Å²) in [4.78, 5) is 40.2. The van der Waals surface area contributed by atoms with E-state index in [2.05, 4.69) is 4.90 Å². The Labute approximate surface area is 167 Å². The van der Waals surface area contributed by atoms with Gasteiger partial charge in [0.15, 0.2) is 11.3 Å². The second-order valence-corrected chi connectivity index (χ2v) is 9.13. The van der Waals surface area contributed by atoms with E-state index in [-0.39, 0.29) is 48.8 Å². The van der Waals surface area contributed by atoms with Gasteiger partial charge in [-0.15, -0.1) is 0 Å². The maximum Gasteiger partial charge on any atom is 0.309 e. The molecule has 6 nitrogen and oxygen atoms in total. The van der Waals surface area contributed by atoms with E-state index in [1.54, 1.807) is 0 Å². The lowest BCUT2D eigenvalue weighted by Gasteiger charge is -2.54. The van der Waals surface area contributed by atoms with Crippen LogP contribution < -0.4 is 0 Å². The Balaban J connectivity index is 1.43. The van der Waals surface area contributed by atoms with E-state index in [0.29, 0.717) is 0 Å². The van der Waals surface area contributed by atoms with Gasteiger partial charge in [-0.2, -0.15) is 0 Å². The Kier molecular flexibility index (Phi) is 6.04. The van der Waals surface area contributed by atoms with Gasteiger partial charge < -0.3 is 9.47 Å². The van der Waals surface area contributed by atoms with Crippen LogP contribution >= 0.6 is 0 Å². The average molecular weight is 392 g/mol. The van der Waals surface area contributed by atoms with Crippen molar-refractivity contribution in [2.24, 2.45) is 11.8 Å². The van der Waals surface area contributed by atoms with Gasteiger partial charge in [-0.3, -0.25) is 19.3 Å². The molecule has 2 aliphatic carbocycles. The van der Waals surface area contributed by atoms with E-state index < -0.39 is 5.54 Å². The lowest BCUT2D eigenvalue weighted by atomic mass is 9.76. The third kappa shape index (κ3) is 3.72. The Morgan fingerprint density at radius 3 is 1.82 bits per heavy atom. The molecule has 0 aromatic rings. The Morgan fingerprint density at radius 2 is 1.29 bits per heavy atom. The zero-order chi connectivity index (χ0) is 19.6. The summed E-state index contributed by atoms with van der Waals surface area (Å²) in [7, 11) is 0. The number of hydrogen-bond acceptors (Lipinski definition) is 6. The number of hydrogen-bond donors (Lipinski definition) is 0. The number of fused-ring (bicyclic) bond motifs is 1. The number of esters is 2. The molecule has 2 saturated heterocycles. The molecule has 0 aromatic heterocycles. The number of carbonyl (C=O) groups is 3. The summed E-state index contributed by atoms with van der Waals surface area (Å²) in [6.45, 7) is 0.851. The van der Waals surface area contributed by atoms with Crippen LogP contribution in [0, 0.1) is 11.8 Å². The topological polar surface area (TPSA) is 72.9 Å². The van der Waals surface area contributed by atoms with Crippen molar-refractivity contribution < 1.29 is 23.9 Å². The minimum atomic E-state index is -0.961. The molecule has 4 rings (SSSR count). The summed E-state index contributed by atoms with van der Waals surface area (Å²) in [5.41, 5.74) is -0.961. The third-order valence-corrected chi connectivity index (χ3v) is 7.35. The Hall–Kier alpha value is -1.43. The Bertz CT molecular complexity index is 574. The summed E-state index contributed by atoms with van der Waals surface area (Å²) >= 11 is 0. The molecule has 2 aliphatic heterocycles. The first-order valence-electron chi connectivity index (χ1n) is 11.3. The van der Waals surface area contributed by atoms with Gasteiger partial charge in [-0.1, -0.05) is 38.5 Å². The maximum absolute atomic E-state index is 13.1. The quantitative estimate of drug-likeness (QED) is 0.648. The summed E-state index contributed by atoms with van der Waals surface area (Å²) in [6, 6.07) is -0.0992. The molecule has 4 fully saturated rings. The van der Waals surface area contributed by atoms with Crippen LogP contribution in [0.1, 0.15) is 77.0 Å². The summed E-state index contributed by atoms with van der Waals surface area (Å²) in [6.07, 6.45) is 11.8. The van der Waals surface area contributed by atoms with Gasteiger partial charge in [0.25, 0.3) is 0 Å². The standard InChI is InChI=1S/C22H33NO5/c24-19-18-12-2-1-7-13-23(18)22(19,14-27-20(25)16-8-3-4-9-16)15-28-21(26)17-10-5-6-11-17/h16-18H,1-15H2. The van der Waals surface area contributed by atoms with Crippen LogP contribution in [-0.2, 0) is 23.9 Å². The van der Waals surface area contributed by atoms with E-state index in [9.17, 15) is 14.4 Å². The summed E-state index contributed by atoms with van der Waals surface area (Å²) in [5, 5.41) is 0. The van der Waals surface area contributed by atoms with E-state index in [0.717, 1.165) is 83.6 Å². The molecule has 1 atom stereocenters. The van der Waals surface area contributed by atoms with Gasteiger partial charge in [-0.05, 0) is 38.5 Å². The predicted molar refractivity (Wildman–Crippen MR) is 103 cm³/mol. The van der Waals surface area contributed by atoms with Crippen molar-refractivity contribution in [2.75, 3.05) is 19.8 Å². The molecule has 0 aromatic carbocycles. The lowest BCUT2D eigenvalue weighted by molar-refractivity contribution is -0.185. The maximum atomic E-state index is 13.1. The molecule has 2 heterocycles. The van der Waals surface area contributed by atoms with Gasteiger partial charge in [0, 0.05) is 6.54 Å². The molecule has 6 heteroatoms. The SMILES string of the molecule is O=C(OCC1(COC(=O)C2CCCC2)C(=O)C2CCCCCN21)C1CCCC1. The monoisotopic (exact) mass is 391 g/mol. The van der Waals surface area contributed by atoms with Gasteiger partial charge in [0.1, 0.15) is 13.2 Å². The molecule has 4 aliphatic rings. The number of Topliss-reactive ketones (excluding diaryl/α,β-unsaturated/α-hetero) is 1. The fourth-order valence-corrected chi connectivity index (χ4v) is 5.57. The molecule has 2 saturated carbocycles. The molecule has 0 radical (unpaired) electrons. The lowest BCUT2D eigenvalue weighted by Crippen LogP contribution is -2.77. The molecule has 156 valence electrons. The minimum Gasteiger partial charge on any atom is -0.463 e. The molecular weight excluding hydrogens is 358 g/mol. The van der Waals surface area contributed by atoms with Gasteiger partial charge in [-0.25, -0.2) is 0 Å². The molecule has 1 unspecified atom stereocenters. The van der Waals surface area contributed by atoms with Crippen LogP contribution in [0.4, 0.5) is 0 Å². The third-order valence-electron chi connectivity index (χ3n) is 7.35. The van der Waals surface area contributed by atoms with E-state index >= 15 is 0 Å². The van der Waals surface area contributed by atoms with Gasteiger partial charge in [0.05, 0.1) is 17.9 Å². The predicted octanol–water partition coefficient (Wildman–Crippen LogP) is 3.02. The van der Waals surface area contributed by atoms with Crippen LogP contribution in [0.3, 0.4) is 0 Å². The highest BCUT2D eigenvalue weighted by Crippen LogP contribution is 2.40. The van der Waals surface area contributed by atoms with Crippen molar-refractivity contribution in [1.82, 2.24) is 4.90 Å². The van der Waals surface area contributed by atoms with Crippen LogP contribution in [0.15, 0.2) is 0 Å². The van der Waals surface area contributed by atoms with E-state index in [1.165, 1.54) is 0 Å². The number of carbonyl (C=O) groups excluding carboxylic acids is 3. The molecule has 28 heavy (non-hydrogen) atoms. The molecule has 0 N–H and O–H groups in total. The number of ketones is 1. The molecule has 0 bridgehead atoms. The molecular formula is C22H33NO5. The average Bonchev–Trinajstić information content (AvgIpc) is 3.39. The zero-order valence-corrected chi connectivity index (χ0v) is 16.8. The van der Waals surface area contributed by atoms with Crippen LogP contribution in [-0.4, -0.2) is 54.0 Å². The second-order valence-electron chi connectivity index (χ2n) is 9.13. The fourth-order valence-electron chi connectivity index (χ4n) is 5.57. The smallest absolute Gasteiger partial charge is 0.309 e. The molecule has 0 spiro atoms. The first-order chi connectivity index (χ1) is 13.6. The first kappa shape index (κ1) is 19.9. The van der Waals surface area contributed by atoms with Crippen molar-refractivity contribution in [3.8, 4) is 0 Å². The second kappa shape index (κ2) is 8.52. The summed E-state index contributed by atoms with van der Waals surface area (Å²) < 4.78 is 11.3. The van der Waals surface area contributed by atoms with Crippen LogP contribution in [0.2, 0.25) is 0 Å². The first-order valence-corrected chi connectivity index (χ1v) is 11.3. The Morgan fingerprint density at radius 1 is 0.786 bits per heavy atom. The van der Waals surface area contributed by atoms with E-state index in [1.807, 2.05) is 0 Å². The number of nitrogens with zero attached hydrogens (tertiary/aromatic N) is 1. The van der Waals surface area contributed by atoms with Crippen molar-refractivity contribution in [3.63, 3.8) is 0 Å². The fraction of sp³-hybridized carbons (Fsp3) is 0.864. The zero-order valence-electron chi connectivity index (χ0n) is 16.8. The molecule has 0 amide bonds. The number of rotatable bonds is 6. The van der Waals surface area contributed by atoms with E-state index in [4.69, 9.17) is 9.47 Å². The minimum absolute atomic E-state index is 0.0234. The number of ether oxygens (including phenoxy) is 2. The highest BCUT2D eigenvalue weighted by molar-refractivity contribution is 6.00. The highest BCUT2D eigenvalue weighted by Gasteiger charge is 2.61. The van der Waals surface area contributed by atoms with Crippen LogP contribution in [0.5, 0.6) is 0 Å². The highest BCUT2D eigenvalue weighted by atomic mass is 16.6. The van der Waals surface area contributed by atoms with Gasteiger partial charge >= 0.3 is 11.9 Å². The normalized spacial score (nSPS) is 28.4. The van der Waals surface area contributed by atoms with Gasteiger partial charge in [0.2, 0.25) is 0 Å². The van der Waals surface area contributed by atoms with Crippen LogP contribution in [0.25, 0.3) is 0 Å². The van der Waals surface area contributed by atoms with Crippen molar-refractivity contribution in [3.05, 3.63) is 0 Å². The van der Waals surface area contributed by atoms with Crippen molar-refractivity contribution in [2.45, 2.75) is 88.6 Å².